The Morgan fingerprint density at radius 2 is 1.82 bits per heavy atom. The number of carboxylic acids is 1. The van der Waals surface area contributed by atoms with Crippen LogP contribution in [0, 0.1) is 0 Å². The van der Waals surface area contributed by atoms with E-state index in [0.717, 1.165) is 5.56 Å². The van der Waals surface area contributed by atoms with Crippen molar-refractivity contribution < 1.29 is 9.90 Å². The number of hydrogen-bond acceptors (Lipinski definition) is 2. The summed E-state index contributed by atoms with van der Waals surface area (Å²) in [5, 5.41) is 9.60. The molecule has 17 heavy (non-hydrogen) atoms. The van der Waals surface area contributed by atoms with Crippen molar-refractivity contribution in [1.29, 1.82) is 0 Å². The van der Waals surface area contributed by atoms with Crippen molar-refractivity contribution in [2.24, 2.45) is 0 Å². The number of hydrogen-bond donors (Lipinski definition) is 1. The molecule has 94 valence electrons. The van der Waals surface area contributed by atoms with Crippen molar-refractivity contribution in [2.75, 3.05) is 6.54 Å². The summed E-state index contributed by atoms with van der Waals surface area (Å²) in [5.41, 5.74) is 0.878. The zero-order valence-electron chi connectivity index (χ0n) is 10.4. The minimum Gasteiger partial charge on any atom is -0.480 e. The summed E-state index contributed by atoms with van der Waals surface area (Å²) in [6, 6.07) is 7.48. The van der Waals surface area contributed by atoms with Gasteiger partial charge in [0.05, 0.1) is 6.54 Å². The van der Waals surface area contributed by atoms with Crippen LogP contribution in [0.2, 0.25) is 5.02 Å². The molecule has 1 aromatic carbocycles. The van der Waals surface area contributed by atoms with Crippen molar-refractivity contribution >= 4 is 17.6 Å². The summed E-state index contributed by atoms with van der Waals surface area (Å²) in [6.45, 7) is 6.66. The number of carbonyl (C=O) groups is 1. The van der Waals surface area contributed by atoms with Gasteiger partial charge in [0.15, 0.2) is 0 Å². The second-order valence-corrected chi connectivity index (χ2v) is 5.48. The molecule has 0 bridgehead atoms. The molecule has 0 heterocycles. The molecule has 0 saturated heterocycles. The number of nitrogens with zero attached hydrogens (tertiary/aromatic N) is 1. The first-order chi connectivity index (χ1) is 7.79. The summed E-state index contributed by atoms with van der Waals surface area (Å²) in [7, 11) is 0. The molecule has 1 rings (SSSR count). The highest BCUT2D eigenvalue weighted by Gasteiger charge is 2.23. The maximum atomic E-state index is 10.8. The standard InChI is InChI=1S/C13H18ClNO2/c1-13(2,3)15(9-12(16)17)8-10-4-6-11(14)7-5-10/h4-7H,8-9H2,1-3H3,(H,16,17). The second kappa shape index (κ2) is 5.52. The molecule has 0 aliphatic heterocycles. The van der Waals surface area contributed by atoms with Gasteiger partial charge >= 0.3 is 5.97 Å². The maximum absolute atomic E-state index is 10.8. The highest BCUT2D eigenvalue weighted by molar-refractivity contribution is 6.30. The largest absolute Gasteiger partial charge is 0.480 e. The Kier molecular flexibility index (Phi) is 4.54. The third-order valence-corrected chi connectivity index (χ3v) is 2.81. The van der Waals surface area contributed by atoms with Gasteiger partial charge in [0.25, 0.3) is 0 Å². The fraction of sp³-hybridized carbons (Fsp3) is 0.462. The van der Waals surface area contributed by atoms with Crippen LogP contribution >= 0.6 is 11.6 Å². The minimum absolute atomic E-state index is 0.0339. The van der Waals surface area contributed by atoms with E-state index < -0.39 is 5.97 Å². The summed E-state index contributed by atoms with van der Waals surface area (Å²) >= 11 is 5.81. The van der Waals surface area contributed by atoms with Crippen molar-refractivity contribution in [3.63, 3.8) is 0 Å². The Labute approximate surface area is 107 Å². The molecule has 0 fully saturated rings. The third kappa shape index (κ3) is 4.75. The van der Waals surface area contributed by atoms with E-state index >= 15 is 0 Å². The molecule has 1 aromatic rings. The monoisotopic (exact) mass is 255 g/mol. The van der Waals surface area contributed by atoms with Gasteiger partial charge in [-0.3, -0.25) is 9.69 Å². The molecule has 0 amide bonds. The van der Waals surface area contributed by atoms with E-state index in [-0.39, 0.29) is 12.1 Å². The van der Waals surface area contributed by atoms with Crippen LogP contribution in [-0.4, -0.2) is 28.1 Å². The molecule has 0 saturated carbocycles. The van der Waals surface area contributed by atoms with E-state index in [1.54, 1.807) is 0 Å². The lowest BCUT2D eigenvalue weighted by molar-refractivity contribution is -0.139. The molecule has 0 spiro atoms. The Morgan fingerprint density at radius 3 is 2.24 bits per heavy atom. The van der Waals surface area contributed by atoms with Crippen LogP contribution < -0.4 is 0 Å². The normalized spacial score (nSPS) is 11.8. The Balaban J connectivity index is 2.79. The summed E-state index contributed by atoms with van der Waals surface area (Å²) in [4.78, 5) is 12.8. The summed E-state index contributed by atoms with van der Waals surface area (Å²) in [6.07, 6.45) is 0. The Hall–Kier alpha value is -1.06. The molecule has 0 atom stereocenters. The zero-order chi connectivity index (χ0) is 13.1. The maximum Gasteiger partial charge on any atom is 0.317 e. The molecule has 0 aliphatic rings. The van der Waals surface area contributed by atoms with E-state index in [4.69, 9.17) is 16.7 Å². The molecule has 0 unspecified atom stereocenters. The van der Waals surface area contributed by atoms with Crippen molar-refractivity contribution in [3.05, 3.63) is 34.9 Å². The molecule has 3 nitrogen and oxygen atoms in total. The first-order valence-electron chi connectivity index (χ1n) is 5.50. The Bertz CT molecular complexity index is 381. The van der Waals surface area contributed by atoms with Crippen LogP contribution in [0.4, 0.5) is 0 Å². The number of benzene rings is 1. The molecule has 1 N–H and O–H groups in total. The smallest absolute Gasteiger partial charge is 0.317 e. The predicted molar refractivity (Wildman–Crippen MR) is 69.3 cm³/mol. The van der Waals surface area contributed by atoms with Crippen LogP contribution in [0.5, 0.6) is 0 Å². The van der Waals surface area contributed by atoms with Gasteiger partial charge in [-0.15, -0.1) is 0 Å². The first kappa shape index (κ1) is 14.0. The number of aliphatic carboxylic acids is 1. The van der Waals surface area contributed by atoms with Crippen LogP contribution in [0.25, 0.3) is 0 Å². The van der Waals surface area contributed by atoms with Crippen molar-refractivity contribution in [1.82, 2.24) is 4.90 Å². The van der Waals surface area contributed by atoms with Crippen LogP contribution in [0.1, 0.15) is 26.3 Å². The average molecular weight is 256 g/mol. The molecule has 4 heteroatoms. The topological polar surface area (TPSA) is 40.5 Å². The van der Waals surface area contributed by atoms with Gasteiger partial charge in [-0.2, -0.15) is 0 Å². The average Bonchev–Trinajstić information content (AvgIpc) is 2.18. The molecule has 0 aromatic heterocycles. The second-order valence-electron chi connectivity index (χ2n) is 5.05. The third-order valence-electron chi connectivity index (χ3n) is 2.56. The van der Waals surface area contributed by atoms with Gasteiger partial charge in [0.1, 0.15) is 0 Å². The lowest BCUT2D eigenvalue weighted by Crippen LogP contribution is -2.43. The summed E-state index contributed by atoms with van der Waals surface area (Å²) < 4.78 is 0. The minimum atomic E-state index is -0.811. The van der Waals surface area contributed by atoms with E-state index in [1.165, 1.54) is 0 Å². The van der Waals surface area contributed by atoms with E-state index in [0.29, 0.717) is 11.6 Å². The first-order valence-corrected chi connectivity index (χ1v) is 5.88. The lowest BCUT2D eigenvalue weighted by Gasteiger charge is -2.34. The van der Waals surface area contributed by atoms with Gasteiger partial charge in [-0.25, -0.2) is 0 Å². The lowest BCUT2D eigenvalue weighted by atomic mass is 10.0. The highest BCUT2D eigenvalue weighted by atomic mass is 35.5. The SMILES string of the molecule is CC(C)(C)N(CC(=O)O)Cc1ccc(Cl)cc1. The zero-order valence-corrected chi connectivity index (χ0v) is 11.2. The van der Waals surface area contributed by atoms with Gasteiger partial charge in [0, 0.05) is 17.1 Å². The van der Waals surface area contributed by atoms with Crippen LogP contribution in [0.3, 0.4) is 0 Å². The van der Waals surface area contributed by atoms with Crippen LogP contribution in [0.15, 0.2) is 24.3 Å². The van der Waals surface area contributed by atoms with Gasteiger partial charge in [-0.05, 0) is 38.5 Å². The van der Waals surface area contributed by atoms with E-state index in [9.17, 15) is 4.79 Å². The number of rotatable bonds is 4. The quantitative estimate of drug-likeness (QED) is 0.899. The molecule has 0 radical (unpaired) electrons. The van der Waals surface area contributed by atoms with E-state index in [2.05, 4.69) is 0 Å². The number of carboxylic acid groups (broad SMARTS) is 1. The Morgan fingerprint density at radius 1 is 1.29 bits per heavy atom. The highest BCUT2D eigenvalue weighted by Crippen LogP contribution is 2.18. The van der Waals surface area contributed by atoms with Gasteiger partial charge in [0.2, 0.25) is 0 Å². The van der Waals surface area contributed by atoms with Crippen molar-refractivity contribution in [3.8, 4) is 0 Å². The fourth-order valence-electron chi connectivity index (χ4n) is 1.50. The van der Waals surface area contributed by atoms with Gasteiger partial charge < -0.3 is 5.11 Å². The molecule has 0 aliphatic carbocycles. The summed E-state index contributed by atoms with van der Waals surface area (Å²) in [5.74, 6) is -0.811. The molecular weight excluding hydrogens is 238 g/mol. The fourth-order valence-corrected chi connectivity index (χ4v) is 1.63. The molecular formula is C13H18ClNO2. The van der Waals surface area contributed by atoms with Crippen LogP contribution in [-0.2, 0) is 11.3 Å². The van der Waals surface area contributed by atoms with Gasteiger partial charge in [-0.1, -0.05) is 23.7 Å². The van der Waals surface area contributed by atoms with E-state index in [1.807, 2.05) is 49.9 Å². The van der Waals surface area contributed by atoms with Crippen molar-refractivity contribution in [2.45, 2.75) is 32.9 Å². The predicted octanol–water partition coefficient (Wildman–Crippen LogP) is 3.03. The number of halogens is 1.